The van der Waals surface area contributed by atoms with Crippen molar-refractivity contribution < 1.29 is 18.3 Å². The lowest BCUT2D eigenvalue weighted by molar-refractivity contribution is 0.171. The number of fused-ring (bicyclic) bond motifs is 1. The Morgan fingerprint density at radius 3 is 2.93 bits per heavy atom. The molecule has 28 heavy (non-hydrogen) atoms. The van der Waals surface area contributed by atoms with E-state index in [9.17, 15) is 13.6 Å². The van der Waals surface area contributed by atoms with Gasteiger partial charge in [-0.05, 0) is 25.8 Å². The molecule has 3 heterocycles. The molecule has 1 atom stereocenters. The number of aromatic nitrogens is 4. The van der Waals surface area contributed by atoms with Gasteiger partial charge in [-0.3, -0.25) is 0 Å². The molecular formula is C18H20F2N6O2. The second kappa shape index (κ2) is 8.59. The largest absolute Gasteiger partial charge is 0.453 e. The van der Waals surface area contributed by atoms with Crippen LogP contribution in [0.3, 0.4) is 0 Å². The third-order valence-corrected chi connectivity index (χ3v) is 4.13. The van der Waals surface area contributed by atoms with Gasteiger partial charge in [0.1, 0.15) is 11.5 Å². The number of halogens is 2. The van der Waals surface area contributed by atoms with Crippen LogP contribution in [0.25, 0.3) is 22.4 Å². The summed E-state index contributed by atoms with van der Waals surface area (Å²) in [6.07, 6.45) is 4.65. The summed E-state index contributed by atoms with van der Waals surface area (Å²) in [4.78, 5) is 26.2. The van der Waals surface area contributed by atoms with E-state index < -0.39 is 17.7 Å². The van der Waals surface area contributed by atoms with Gasteiger partial charge in [-0.2, -0.15) is 0 Å². The Hall–Kier alpha value is -3.30. The average Bonchev–Trinajstić information content (AvgIpc) is 3.09. The summed E-state index contributed by atoms with van der Waals surface area (Å²) in [6.45, 7) is 2.33. The third-order valence-electron chi connectivity index (χ3n) is 4.13. The van der Waals surface area contributed by atoms with Gasteiger partial charge < -0.3 is 20.4 Å². The number of carbonyl (C=O) groups excluding carboxylic acids is 1. The van der Waals surface area contributed by atoms with Gasteiger partial charge in [-0.25, -0.2) is 28.5 Å². The number of hydrogen-bond donors (Lipinski definition) is 3. The number of H-pyrrole nitrogens is 1. The normalized spacial score (nSPS) is 12.0. The maximum absolute atomic E-state index is 14.1. The van der Waals surface area contributed by atoms with Gasteiger partial charge in [0.25, 0.3) is 0 Å². The second-order valence-corrected chi connectivity index (χ2v) is 6.25. The molecule has 0 aliphatic rings. The Bertz CT molecular complexity index is 978. The van der Waals surface area contributed by atoms with Crippen molar-refractivity contribution in [2.45, 2.75) is 25.8 Å². The predicted octanol–water partition coefficient (Wildman–Crippen LogP) is 3.23. The second-order valence-electron chi connectivity index (χ2n) is 6.25. The number of nitrogens with one attached hydrogen (secondary N) is 3. The highest BCUT2D eigenvalue weighted by atomic mass is 19.1. The summed E-state index contributed by atoms with van der Waals surface area (Å²) in [7, 11) is 1.30. The van der Waals surface area contributed by atoms with E-state index in [4.69, 9.17) is 0 Å². The van der Waals surface area contributed by atoms with Crippen LogP contribution in [-0.2, 0) is 4.74 Å². The van der Waals surface area contributed by atoms with E-state index >= 15 is 0 Å². The number of rotatable bonds is 7. The van der Waals surface area contributed by atoms with E-state index in [-0.39, 0.29) is 17.7 Å². The molecule has 3 rings (SSSR count). The monoisotopic (exact) mass is 390 g/mol. The van der Waals surface area contributed by atoms with E-state index in [0.717, 1.165) is 12.4 Å². The number of alkyl carbamates (subject to hydrolysis) is 1. The minimum Gasteiger partial charge on any atom is -0.453 e. The van der Waals surface area contributed by atoms with Crippen molar-refractivity contribution in [3.8, 4) is 11.4 Å². The maximum atomic E-state index is 14.1. The molecule has 0 bridgehead atoms. The van der Waals surface area contributed by atoms with Crippen molar-refractivity contribution in [1.29, 1.82) is 0 Å². The van der Waals surface area contributed by atoms with Crippen molar-refractivity contribution in [3.63, 3.8) is 0 Å². The fraction of sp³-hybridized carbons (Fsp3) is 0.333. The molecule has 0 saturated carbocycles. The third kappa shape index (κ3) is 4.51. The number of pyridine rings is 1. The molecule has 0 fully saturated rings. The van der Waals surface area contributed by atoms with Crippen LogP contribution in [0.15, 0.2) is 24.7 Å². The molecule has 148 valence electrons. The fourth-order valence-electron chi connectivity index (χ4n) is 2.74. The minimum atomic E-state index is -0.590. The number of methoxy groups -OCH3 is 1. The molecule has 0 aromatic carbocycles. The van der Waals surface area contributed by atoms with Crippen LogP contribution in [0, 0.1) is 11.6 Å². The van der Waals surface area contributed by atoms with E-state index in [0.29, 0.717) is 36.0 Å². The summed E-state index contributed by atoms with van der Waals surface area (Å²) >= 11 is 0. The van der Waals surface area contributed by atoms with Crippen molar-refractivity contribution in [2.75, 3.05) is 19.0 Å². The number of ether oxygens (including phenoxy) is 1. The van der Waals surface area contributed by atoms with Crippen LogP contribution >= 0.6 is 0 Å². The topological polar surface area (TPSA) is 105 Å². The van der Waals surface area contributed by atoms with Gasteiger partial charge >= 0.3 is 6.09 Å². The smallest absolute Gasteiger partial charge is 0.406 e. The van der Waals surface area contributed by atoms with Crippen LogP contribution in [0.4, 0.5) is 19.4 Å². The number of anilines is 1. The fourth-order valence-corrected chi connectivity index (χ4v) is 2.74. The highest BCUT2D eigenvalue weighted by Crippen LogP contribution is 2.27. The standard InChI is InChI=1S/C18H20F2N6O2/c1-10(4-3-5-21-18(27)28-2)25-17-14(20)9-24-16(26-17)13-8-23-15-12(13)6-11(19)7-22-15/h6-10H,3-5H2,1-2H3,(H,21,27)(H,22,23)(H,24,25,26)/t10-/m1/s1. The SMILES string of the molecule is COC(=O)NCCC[C@@H](C)Nc1nc(-c2c[nH]c3ncc(F)cc23)ncc1F. The van der Waals surface area contributed by atoms with Gasteiger partial charge in [0.05, 0.1) is 19.5 Å². The van der Waals surface area contributed by atoms with Crippen molar-refractivity contribution in [2.24, 2.45) is 0 Å². The highest BCUT2D eigenvalue weighted by molar-refractivity contribution is 5.91. The van der Waals surface area contributed by atoms with Crippen LogP contribution < -0.4 is 10.6 Å². The molecule has 0 unspecified atom stereocenters. The minimum absolute atomic E-state index is 0.0529. The summed E-state index contributed by atoms with van der Waals surface area (Å²) < 4.78 is 32.2. The van der Waals surface area contributed by atoms with Crippen LogP contribution in [0.2, 0.25) is 0 Å². The molecule has 0 aliphatic heterocycles. The molecule has 3 N–H and O–H groups in total. The lowest BCUT2D eigenvalue weighted by atomic mass is 10.2. The van der Waals surface area contributed by atoms with Crippen molar-refractivity contribution in [1.82, 2.24) is 25.3 Å². The van der Waals surface area contributed by atoms with Gasteiger partial charge in [-0.1, -0.05) is 0 Å². The zero-order chi connectivity index (χ0) is 20.1. The first-order chi connectivity index (χ1) is 13.5. The Labute approximate surface area is 159 Å². The molecule has 3 aromatic heterocycles. The van der Waals surface area contributed by atoms with Crippen LogP contribution in [-0.4, -0.2) is 45.7 Å². The molecule has 1 amide bonds. The van der Waals surface area contributed by atoms with Gasteiger partial charge in [0.15, 0.2) is 17.5 Å². The quantitative estimate of drug-likeness (QED) is 0.535. The van der Waals surface area contributed by atoms with E-state index in [1.807, 2.05) is 6.92 Å². The molecule has 0 saturated heterocycles. The highest BCUT2D eigenvalue weighted by Gasteiger charge is 2.15. The zero-order valence-electron chi connectivity index (χ0n) is 15.4. The summed E-state index contributed by atoms with van der Waals surface area (Å²) in [5.41, 5.74) is 1.02. The molecule has 0 aliphatic carbocycles. The average molecular weight is 390 g/mol. The van der Waals surface area contributed by atoms with Crippen molar-refractivity contribution in [3.05, 3.63) is 36.3 Å². The lowest BCUT2D eigenvalue weighted by Crippen LogP contribution is -2.25. The molecular weight excluding hydrogens is 370 g/mol. The Morgan fingerprint density at radius 2 is 2.14 bits per heavy atom. The predicted molar refractivity (Wildman–Crippen MR) is 99.8 cm³/mol. The first-order valence-corrected chi connectivity index (χ1v) is 8.72. The summed E-state index contributed by atoms with van der Waals surface area (Å²) in [5, 5.41) is 6.10. The van der Waals surface area contributed by atoms with Gasteiger partial charge in [-0.15, -0.1) is 0 Å². The first kappa shape index (κ1) is 19.5. The Morgan fingerprint density at radius 1 is 1.32 bits per heavy atom. The maximum Gasteiger partial charge on any atom is 0.406 e. The van der Waals surface area contributed by atoms with Crippen LogP contribution in [0.5, 0.6) is 0 Å². The number of carbonyl (C=O) groups is 1. The molecule has 0 radical (unpaired) electrons. The van der Waals surface area contributed by atoms with Gasteiger partial charge in [0, 0.05) is 29.7 Å². The van der Waals surface area contributed by atoms with E-state index in [1.165, 1.54) is 13.2 Å². The number of aromatic amines is 1. The zero-order valence-corrected chi connectivity index (χ0v) is 15.4. The lowest BCUT2D eigenvalue weighted by Gasteiger charge is -2.15. The van der Waals surface area contributed by atoms with E-state index in [1.54, 1.807) is 6.20 Å². The number of hydrogen-bond acceptors (Lipinski definition) is 6. The number of amides is 1. The van der Waals surface area contributed by atoms with E-state index in [2.05, 4.69) is 35.3 Å². The van der Waals surface area contributed by atoms with Gasteiger partial charge in [0.2, 0.25) is 0 Å². The van der Waals surface area contributed by atoms with Crippen molar-refractivity contribution >= 4 is 22.9 Å². The summed E-state index contributed by atoms with van der Waals surface area (Å²) in [6, 6.07) is 1.23. The molecule has 10 heteroatoms. The Balaban J connectivity index is 1.71. The molecule has 3 aromatic rings. The molecule has 8 nitrogen and oxygen atoms in total. The Kier molecular flexibility index (Phi) is 5.97. The number of nitrogens with zero attached hydrogens (tertiary/aromatic N) is 3. The van der Waals surface area contributed by atoms with Crippen LogP contribution in [0.1, 0.15) is 19.8 Å². The molecule has 0 spiro atoms. The first-order valence-electron chi connectivity index (χ1n) is 8.72. The summed E-state index contributed by atoms with van der Waals surface area (Å²) in [5.74, 6) is -0.769.